The minimum atomic E-state index is -1.36. The Labute approximate surface area is 188 Å². The molecule has 3 aliphatic carbocycles. The van der Waals surface area contributed by atoms with E-state index >= 15 is 0 Å². The van der Waals surface area contributed by atoms with Crippen LogP contribution < -0.4 is 0 Å². The number of rotatable bonds is 3. The van der Waals surface area contributed by atoms with Crippen LogP contribution in [0.3, 0.4) is 0 Å². The van der Waals surface area contributed by atoms with Crippen molar-refractivity contribution in [3.05, 3.63) is 12.2 Å². The fourth-order valence-corrected chi connectivity index (χ4v) is 7.54. The van der Waals surface area contributed by atoms with Crippen LogP contribution in [0.25, 0.3) is 0 Å². The molecule has 4 rings (SSSR count). The summed E-state index contributed by atoms with van der Waals surface area (Å²) in [5.41, 5.74) is -2.21. The van der Waals surface area contributed by atoms with Crippen LogP contribution in [0.1, 0.15) is 53.4 Å². The first kappa shape index (κ1) is 23.2. The Morgan fingerprint density at radius 3 is 2.53 bits per heavy atom. The lowest BCUT2D eigenvalue weighted by atomic mass is 9.43. The standard InChI is InChI=1S/C24H34O8/c1-12-15-8-16(27)19-23(9-15,20(12)28)21(29)31-11-24(19)17(10-30-13(2)25)22(4,5)7-6-18(24)32-14(3)26/h15-20,27-28H,1,6-11H2,2-5H3/t15-,16+,17-,18+,19-,20-,23+,24+/m1/s1. The lowest BCUT2D eigenvalue weighted by Gasteiger charge is -2.64. The summed E-state index contributed by atoms with van der Waals surface area (Å²) in [7, 11) is 0. The third-order valence-corrected chi connectivity index (χ3v) is 8.83. The highest BCUT2D eigenvalue weighted by molar-refractivity contribution is 5.81. The van der Waals surface area contributed by atoms with Gasteiger partial charge in [0.05, 0.1) is 24.2 Å². The molecular formula is C24H34O8. The molecule has 178 valence electrons. The second-order valence-electron chi connectivity index (χ2n) is 10.9. The Hall–Kier alpha value is -1.93. The fraction of sp³-hybridized carbons (Fsp3) is 0.792. The normalized spacial score (nSPS) is 44.6. The summed E-state index contributed by atoms with van der Waals surface area (Å²) in [5.74, 6) is -2.74. The molecule has 0 radical (unpaired) electrons. The summed E-state index contributed by atoms with van der Waals surface area (Å²) >= 11 is 0. The Morgan fingerprint density at radius 2 is 1.91 bits per heavy atom. The molecule has 1 aliphatic heterocycles. The average molecular weight is 451 g/mol. The van der Waals surface area contributed by atoms with E-state index in [0.29, 0.717) is 31.3 Å². The Bertz CT molecular complexity index is 849. The zero-order valence-electron chi connectivity index (χ0n) is 19.3. The van der Waals surface area contributed by atoms with Gasteiger partial charge in [0.2, 0.25) is 0 Å². The molecular weight excluding hydrogens is 416 g/mol. The molecule has 2 bridgehead atoms. The first-order valence-corrected chi connectivity index (χ1v) is 11.4. The molecule has 8 nitrogen and oxygen atoms in total. The molecule has 0 amide bonds. The number of aliphatic hydroxyl groups is 2. The van der Waals surface area contributed by atoms with Gasteiger partial charge >= 0.3 is 17.9 Å². The SMILES string of the molecule is C=C1[C@@H]2C[C@H](O)[C@@H]3[C@](C2)(C(=O)OC[C@]32[C@@H](OC(C)=O)CCC(C)(C)[C@H]2COC(C)=O)[C@@H]1O. The summed E-state index contributed by atoms with van der Waals surface area (Å²) < 4.78 is 17.1. The van der Waals surface area contributed by atoms with E-state index < -0.39 is 53.0 Å². The van der Waals surface area contributed by atoms with E-state index in [0.717, 1.165) is 0 Å². The molecule has 0 aromatic heterocycles. The predicted molar refractivity (Wildman–Crippen MR) is 112 cm³/mol. The molecule has 8 atom stereocenters. The maximum Gasteiger partial charge on any atom is 0.315 e. The molecule has 4 aliphatic rings. The van der Waals surface area contributed by atoms with Crippen LogP contribution in [0.4, 0.5) is 0 Å². The quantitative estimate of drug-likeness (QED) is 0.379. The molecule has 32 heavy (non-hydrogen) atoms. The summed E-state index contributed by atoms with van der Waals surface area (Å²) in [6.45, 7) is 10.8. The van der Waals surface area contributed by atoms with E-state index in [4.69, 9.17) is 14.2 Å². The Morgan fingerprint density at radius 1 is 1.22 bits per heavy atom. The van der Waals surface area contributed by atoms with Gasteiger partial charge < -0.3 is 24.4 Å². The van der Waals surface area contributed by atoms with Crippen molar-refractivity contribution in [2.24, 2.45) is 34.0 Å². The van der Waals surface area contributed by atoms with Crippen molar-refractivity contribution >= 4 is 17.9 Å². The summed E-state index contributed by atoms with van der Waals surface area (Å²) in [5, 5.41) is 22.7. The third-order valence-electron chi connectivity index (χ3n) is 8.83. The summed E-state index contributed by atoms with van der Waals surface area (Å²) in [6.07, 6.45) is -0.830. The van der Waals surface area contributed by atoms with Gasteiger partial charge in [-0.3, -0.25) is 14.4 Å². The van der Waals surface area contributed by atoms with Crippen molar-refractivity contribution in [1.82, 2.24) is 0 Å². The smallest absolute Gasteiger partial charge is 0.315 e. The summed E-state index contributed by atoms with van der Waals surface area (Å²) in [6, 6.07) is 0. The first-order chi connectivity index (χ1) is 14.9. The highest BCUT2D eigenvalue weighted by Gasteiger charge is 2.76. The van der Waals surface area contributed by atoms with E-state index in [9.17, 15) is 24.6 Å². The van der Waals surface area contributed by atoms with Crippen LogP contribution >= 0.6 is 0 Å². The molecule has 1 saturated heterocycles. The van der Waals surface area contributed by atoms with Crippen molar-refractivity contribution in [1.29, 1.82) is 0 Å². The van der Waals surface area contributed by atoms with Gasteiger partial charge in [-0.1, -0.05) is 20.4 Å². The van der Waals surface area contributed by atoms with E-state index in [-0.39, 0.29) is 30.5 Å². The van der Waals surface area contributed by atoms with Crippen LogP contribution in [-0.2, 0) is 28.6 Å². The van der Waals surface area contributed by atoms with Gasteiger partial charge in [0.1, 0.15) is 18.1 Å². The second-order valence-corrected chi connectivity index (χ2v) is 10.9. The molecule has 0 unspecified atom stereocenters. The fourth-order valence-electron chi connectivity index (χ4n) is 7.54. The van der Waals surface area contributed by atoms with Crippen LogP contribution in [0.15, 0.2) is 12.2 Å². The number of aliphatic hydroxyl groups excluding tert-OH is 2. The van der Waals surface area contributed by atoms with Crippen LogP contribution in [0, 0.1) is 34.0 Å². The lowest BCUT2D eigenvalue weighted by Crippen LogP contribution is -2.72. The Balaban J connectivity index is 1.92. The molecule has 0 aromatic rings. The Kier molecular flexibility index (Phi) is 5.48. The van der Waals surface area contributed by atoms with E-state index in [1.807, 2.05) is 0 Å². The maximum atomic E-state index is 13.3. The van der Waals surface area contributed by atoms with Gasteiger partial charge in [-0.05, 0) is 42.6 Å². The van der Waals surface area contributed by atoms with Gasteiger partial charge in [-0.15, -0.1) is 0 Å². The van der Waals surface area contributed by atoms with E-state index in [1.165, 1.54) is 13.8 Å². The number of hydrogen-bond donors (Lipinski definition) is 2. The predicted octanol–water partition coefficient (Wildman–Crippen LogP) is 1.76. The number of carbonyl (C=O) groups excluding carboxylic acids is 3. The lowest BCUT2D eigenvalue weighted by molar-refractivity contribution is -0.275. The van der Waals surface area contributed by atoms with Crippen LogP contribution in [-0.4, -0.2) is 59.6 Å². The van der Waals surface area contributed by atoms with Gasteiger partial charge in [0.25, 0.3) is 0 Å². The molecule has 2 N–H and O–H groups in total. The molecule has 2 spiro atoms. The monoisotopic (exact) mass is 450 g/mol. The zero-order valence-corrected chi connectivity index (χ0v) is 19.3. The molecule has 4 fully saturated rings. The topological polar surface area (TPSA) is 119 Å². The summed E-state index contributed by atoms with van der Waals surface area (Å²) in [4.78, 5) is 37.1. The number of fused-ring (bicyclic) bond motifs is 2. The molecule has 3 saturated carbocycles. The largest absolute Gasteiger partial charge is 0.466 e. The van der Waals surface area contributed by atoms with Crippen molar-refractivity contribution in [3.8, 4) is 0 Å². The first-order valence-electron chi connectivity index (χ1n) is 11.4. The van der Waals surface area contributed by atoms with Gasteiger partial charge in [0, 0.05) is 25.7 Å². The van der Waals surface area contributed by atoms with E-state index in [1.54, 1.807) is 0 Å². The minimum absolute atomic E-state index is 0.0391. The van der Waals surface area contributed by atoms with E-state index in [2.05, 4.69) is 20.4 Å². The average Bonchev–Trinajstić information content (AvgIpc) is 2.88. The van der Waals surface area contributed by atoms with Gasteiger partial charge in [0.15, 0.2) is 0 Å². The molecule has 8 heteroatoms. The van der Waals surface area contributed by atoms with Crippen LogP contribution in [0.2, 0.25) is 0 Å². The number of carbonyl (C=O) groups is 3. The number of ether oxygens (including phenoxy) is 3. The number of cyclic esters (lactones) is 1. The van der Waals surface area contributed by atoms with Crippen molar-refractivity contribution in [2.75, 3.05) is 13.2 Å². The molecule has 1 heterocycles. The highest BCUT2D eigenvalue weighted by Crippen LogP contribution is 2.69. The van der Waals surface area contributed by atoms with Crippen molar-refractivity contribution < 1.29 is 38.8 Å². The number of hydrogen-bond acceptors (Lipinski definition) is 8. The molecule has 0 aromatic carbocycles. The third kappa shape index (κ3) is 3.05. The van der Waals surface area contributed by atoms with Gasteiger partial charge in [-0.2, -0.15) is 0 Å². The second kappa shape index (κ2) is 7.55. The number of esters is 3. The maximum absolute atomic E-state index is 13.3. The highest BCUT2D eigenvalue weighted by atomic mass is 16.6. The van der Waals surface area contributed by atoms with Gasteiger partial charge in [-0.25, -0.2) is 0 Å². The van der Waals surface area contributed by atoms with Crippen molar-refractivity contribution in [2.45, 2.75) is 71.7 Å². The van der Waals surface area contributed by atoms with Crippen molar-refractivity contribution in [3.63, 3.8) is 0 Å². The minimum Gasteiger partial charge on any atom is -0.466 e. The van der Waals surface area contributed by atoms with Crippen LogP contribution in [0.5, 0.6) is 0 Å². The zero-order chi connectivity index (χ0) is 23.6.